The van der Waals surface area contributed by atoms with Crippen molar-refractivity contribution in [1.29, 1.82) is 0 Å². The van der Waals surface area contributed by atoms with E-state index in [-0.39, 0.29) is 18.8 Å². The lowest BCUT2D eigenvalue weighted by Crippen LogP contribution is -2.44. The number of rotatable bonds is 7. The molecule has 1 atom stereocenters. The van der Waals surface area contributed by atoms with Gasteiger partial charge in [-0.1, -0.05) is 54.6 Å². The lowest BCUT2D eigenvalue weighted by molar-refractivity contribution is -0.141. The number of nitrogens with one attached hydrogen (secondary N) is 1. The summed E-state index contributed by atoms with van der Waals surface area (Å²) in [6, 6.07) is 19.1. The number of hydrogen-bond donors (Lipinski definition) is 3. The highest BCUT2D eigenvalue weighted by molar-refractivity contribution is 6.05. The van der Waals surface area contributed by atoms with Gasteiger partial charge in [0.1, 0.15) is 0 Å². The van der Waals surface area contributed by atoms with Gasteiger partial charge in [0.05, 0.1) is 18.8 Å². The number of carbonyl (C=O) groups is 2. The first-order valence-electron chi connectivity index (χ1n) is 8.48. The van der Waals surface area contributed by atoms with Gasteiger partial charge in [0.15, 0.2) is 6.04 Å². The molecule has 1 amide bonds. The third-order valence-corrected chi connectivity index (χ3v) is 4.16. The molecule has 0 aliphatic heterocycles. The molecule has 0 bridgehead atoms. The van der Waals surface area contributed by atoms with Crippen LogP contribution in [0.2, 0.25) is 0 Å². The largest absolute Gasteiger partial charge is 0.480 e. The van der Waals surface area contributed by atoms with Gasteiger partial charge in [-0.05, 0) is 28.5 Å². The average Bonchev–Trinajstić information content (AvgIpc) is 2.67. The minimum Gasteiger partial charge on any atom is -0.480 e. The van der Waals surface area contributed by atoms with Crippen LogP contribution in [0.15, 0.2) is 66.7 Å². The van der Waals surface area contributed by atoms with E-state index in [2.05, 4.69) is 5.32 Å². The Bertz CT molecular complexity index is 957. The Hall–Kier alpha value is -3.38. The number of carbonyl (C=O) groups excluding carboxylic acids is 1. The first-order chi connectivity index (χ1) is 13.0. The van der Waals surface area contributed by atoms with Crippen molar-refractivity contribution < 1.29 is 19.4 Å². The zero-order valence-corrected chi connectivity index (χ0v) is 14.6. The van der Waals surface area contributed by atoms with Crippen LogP contribution in [0.25, 0.3) is 10.8 Å². The molecule has 0 spiro atoms. The summed E-state index contributed by atoms with van der Waals surface area (Å²) in [6.07, 6.45) is 0. The van der Waals surface area contributed by atoms with Gasteiger partial charge in [0.25, 0.3) is 5.91 Å². The molecule has 6 nitrogen and oxygen atoms in total. The van der Waals surface area contributed by atoms with E-state index >= 15 is 0 Å². The Balaban J connectivity index is 1.68. The van der Waals surface area contributed by atoms with Crippen molar-refractivity contribution in [3.8, 4) is 0 Å². The standard InChI is InChI=1S/C21H20N2O4/c22-18-11-16-9-5-4-8-15(16)10-17(18)20(24)23-19(21(25)26)13-27-12-14-6-2-1-3-7-14/h1-11,19H,12-13,22H2,(H,23,24)(H,25,26). The Morgan fingerprint density at radius 1 is 1.00 bits per heavy atom. The Kier molecular flexibility index (Phi) is 5.68. The second-order valence-electron chi connectivity index (χ2n) is 6.15. The molecule has 3 aromatic rings. The molecule has 0 saturated heterocycles. The van der Waals surface area contributed by atoms with Gasteiger partial charge in [-0.2, -0.15) is 0 Å². The monoisotopic (exact) mass is 364 g/mol. The normalized spacial score (nSPS) is 11.9. The highest BCUT2D eigenvalue weighted by atomic mass is 16.5. The van der Waals surface area contributed by atoms with E-state index in [1.807, 2.05) is 54.6 Å². The number of aliphatic carboxylic acids is 1. The molecule has 138 valence electrons. The van der Waals surface area contributed by atoms with E-state index in [1.165, 1.54) is 0 Å². The minimum absolute atomic E-state index is 0.149. The van der Waals surface area contributed by atoms with Crippen molar-refractivity contribution in [2.24, 2.45) is 0 Å². The van der Waals surface area contributed by atoms with Gasteiger partial charge in [0.2, 0.25) is 0 Å². The van der Waals surface area contributed by atoms with Crippen molar-refractivity contribution in [3.05, 3.63) is 77.9 Å². The fourth-order valence-corrected chi connectivity index (χ4v) is 2.73. The van der Waals surface area contributed by atoms with Crippen LogP contribution < -0.4 is 11.1 Å². The van der Waals surface area contributed by atoms with Gasteiger partial charge in [-0.25, -0.2) is 4.79 Å². The van der Waals surface area contributed by atoms with Crippen molar-refractivity contribution in [2.75, 3.05) is 12.3 Å². The molecule has 3 aromatic carbocycles. The fraction of sp³-hybridized carbons (Fsp3) is 0.143. The predicted molar refractivity (Wildman–Crippen MR) is 103 cm³/mol. The van der Waals surface area contributed by atoms with Crippen molar-refractivity contribution in [2.45, 2.75) is 12.6 Å². The number of benzene rings is 3. The van der Waals surface area contributed by atoms with Crippen LogP contribution in [0.1, 0.15) is 15.9 Å². The maximum absolute atomic E-state index is 12.5. The molecule has 0 aromatic heterocycles. The van der Waals surface area contributed by atoms with Crippen LogP contribution in [0.5, 0.6) is 0 Å². The summed E-state index contributed by atoms with van der Waals surface area (Å²) in [5.74, 6) is -1.72. The molecule has 3 rings (SSSR count). The summed E-state index contributed by atoms with van der Waals surface area (Å²) in [6.45, 7) is 0.113. The maximum Gasteiger partial charge on any atom is 0.328 e. The summed E-state index contributed by atoms with van der Waals surface area (Å²) in [4.78, 5) is 24.0. The molecule has 0 heterocycles. The number of carboxylic acids is 1. The number of carboxylic acid groups (broad SMARTS) is 1. The quantitative estimate of drug-likeness (QED) is 0.560. The molecule has 0 fully saturated rings. The first kappa shape index (κ1) is 18.4. The second kappa shape index (κ2) is 8.33. The third-order valence-electron chi connectivity index (χ3n) is 4.16. The van der Waals surface area contributed by atoms with E-state index in [1.54, 1.807) is 12.1 Å². The van der Waals surface area contributed by atoms with Crippen molar-refractivity contribution in [1.82, 2.24) is 5.32 Å². The van der Waals surface area contributed by atoms with Crippen LogP contribution in [0.4, 0.5) is 5.69 Å². The molecule has 0 saturated carbocycles. The average molecular weight is 364 g/mol. The van der Waals surface area contributed by atoms with Gasteiger partial charge < -0.3 is 20.9 Å². The maximum atomic E-state index is 12.5. The molecule has 1 unspecified atom stereocenters. The summed E-state index contributed by atoms with van der Waals surface area (Å²) >= 11 is 0. The third kappa shape index (κ3) is 4.62. The van der Waals surface area contributed by atoms with E-state index in [0.717, 1.165) is 16.3 Å². The van der Waals surface area contributed by atoms with Crippen LogP contribution >= 0.6 is 0 Å². The topological polar surface area (TPSA) is 102 Å². The zero-order valence-electron chi connectivity index (χ0n) is 14.6. The molecule has 6 heteroatoms. The number of ether oxygens (including phenoxy) is 1. The number of anilines is 1. The molecular formula is C21H20N2O4. The second-order valence-corrected chi connectivity index (χ2v) is 6.15. The van der Waals surface area contributed by atoms with Gasteiger partial charge in [0, 0.05) is 5.69 Å². The first-order valence-corrected chi connectivity index (χ1v) is 8.48. The number of amides is 1. The number of fused-ring (bicyclic) bond motifs is 1. The van der Waals surface area contributed by atoms with E-state index in [0.29, 0.717) is 5.69 Å². The number of nitrogen functional groups attached to an aromatic ring is 1. The van der Waals surface area contributed by atoms with E-state index in [9.17, 15) is 14.7 Å². The molecule has 0 aliphatic rings. The minimum atomic E-state index is -1.17. The van der Waals surface area contributed by atoms with Gasteiger partial charge in [-0.3, -0.25) is 4.79 Å². The summed E-state index contributed by atoms with van der Waals surface area (Å²) < 4.78 is 5.45. The molecule has 4 N–H and O–H groups in total. The molecule has 0 aliphatic carbocycles. The lowest BCUT2D eigenvalue weighted by atomic mass is 10.0. The fourth-order valence-electron chi connectivity index (χ4n) is 2.73. The van der Waals surface area contributed by atoms with Crippen LogP contribution in [0.3, 0.4) is 0 Å². The van der Waals surface area contributed by atoms with Crippen LogP contribution in [-0.2, 0) is 16.1 Å². The summed E-state index contributed by atoms with van der Waals surface area (Å²) in [5.41, 5.74) is 7.43. The Morgan fingerprint density at radius 3 is 2.30 bits per heavy atom. The van der Waals surface area contributed by atoms with Crippen molar-refractivity contribution in [3.63, 3.8) is 0 Å². The Labute approximate surface area is 156 Å². The van der Waals surface area contributed by atoms with Gasteiger partial charge >= 0.3 is 5.97 Å². The smallest absolute Gasteiger partial charge is 0.328 e. The van der Waals surface area contributed by atoms with Gasteiger partial charge in [-0.15, -0.1) is 0 Å². The highest BCUT2D eigenvalue weighted by Crippen LogP contribution is 2.22. The van der Waals surface area contributed by atoms with E-state index < -0.39 is 17.9 Å². The molecular weight excluding hydrogens is 344 g/mol. The SMILES string of the molecule is Nc1cc2ccccc2cc1C(=O)NC(COCc1ccccc1)C(=O)O. The summed E-state index contributed by atoms with van der Waals surface area (Å²) in [7, 11) is 0. The summed E-state index contributed by atoms with van der Waals surface area (Å²) in [5, 5.41) is 13.6. The Morgan fingerprint density at radius 2 is 1.63 bits per heavy atom. The lowest BCUT2D eigenvalue weighted by Gasteiger charge is -2.16. The van der Waals surface area contributed by atoms with Crippen molar-refractivity contribution >= 4 is 28.3 Å². The van der Waals surface area contributed by atoms with Crippen LogP contribution in [0, 0.1) is 0 Å². The van der Waals surface area contributed by atoms with Crippen LogP contribution in [-0.4, -0.2) is 29.6 Å². The highest BCUT2D eigenvalue weighted by Gasteiger charge is 2.22. The predicted octanol–water partition coefficient (Wildman–Crippen LogP) is 2.82. The number of nitrogens with two attached hydrogens (primary N) is 1. The molecule has 0 radical (unpaired) electrons. The zero-order chi connectivity index (χ0) is 19.2. The molecule has 27 heavy (non-hydrogen) atoms. The number of hydrogen-bond acceptors (Lipinski definition) is 4. The van der Waals surface area contributed by atoms with E-state index in [4.69, 9.17) is 10.5 Å².